The zero-order chi connectivity index (χ0) is 14.3. The predicted octanol–water partition coefficient (Wildman–Crippen LogP) is 2.20. The molecule has 4 nitrogen and oxygen atoms in total. The van der Waals surface area contributed by atoms with E-state index in [1.807, 2.05) is 6.92 Å². The van der Waals surface area contributed by atoms with Gasteiger partial charge < -0.3 is 15.2 Å². The van der Waals surface area contributed by atoms with Crippen molar-refractivity contribution in [1.29, 1.82) is 0 Å². The van der Waals surface area contributed by atoms with Crippen molar-refractivity contribution in [3.05, 3.63) is 42.5 Å². The highest BCUT2D eigenvalue weighted by atomic mass is 16.5. The average Bonchev–Trinajstić information content (AvgIpc) is 2.44. The van der Waals surface area contributed by atoms with Crippen LogP contribution in [0.25, 0.3) is 0 Å². The van der Waals surface area contributed by atoms with Crippen LogP contribution in [0.3, 0.4) is 0 Å². The van der Waals surface area contributed by atoms with E-state index >= 15 is 0 Å². The average molecular weight is 263 g/mol. The zero-order valence-electron chi connectivity index (χ0n) is 11.4. The molecule has 0 aliphatic heterocycles. The van der Waals surface area contributed by atoms with Crippen molar-refractivity contribution in [2.75, 3.05) is 6.54 Å². The first-order valence-corrected chi connectivity index (χ1v) is 6.41. The van der Waals surface area contributed by atoms with Gasteiger partial charge in [-0.05, 0) is 31.0 Å². The number of carbonyl (C=O) groups excluding carboxylic acids is 1. The molecule has 2 atom stereocenters. The first-order valence-electron chi connectivity index (χ1n) is 6.41. The Morgan fingerprint density at radius 3 is 2.63 bits per heavy atom. The predicted molar refractivity (Wildman–Crippen MR) is 75.0 cm³/mol. The van der Waals surface area contributed by atoms with Crippen molar-refractivity contribution in [1.82, 2.24) is 5.32 Å². The molecule has 0 bridgehead atoms. The van der Waals surface area contributed by atoms with E-state index in [1.165, 1.54) is 0 Å². The molecule has 0 heterocycles. The SMILES string of the molecule is C=CCNC(=O)C(C)Oc1ccc(C(O)CC)cc1. The van der Waals surface area contributed by atoms with Crippen molar-refractivity contribution in [2.24, 2.45) is 0 Å². The molecule has 2 unspecified atom stereocenters. The molecule has 1 aromatic carbocycles. The maximum atomic E-state index is 11.6. The molecule has 0 spiro atoms. The van der Waals surface area contributed by atoms with Gasteiger partial charge in [-0.2, -0.15) is 0 Å². The van der Waals surface area contributed by atoms with Crippen LogP contribution in [0.2, 0.25) is 0 Å². The van der Waals surface area contributed by atoms with Crippen LogP contribution in [-0.2, 0) is 4.79 Å². The number of hydrogen-bond acceptors (Lipinski definition) is 3. The molecule has 1 aromatic rings. The summed E-state index contributed by atoms with van der Waals surface area (Å²) in [5.41, 5.74) is 0.846. The van der Waals surface area contributed by atoms with Crippen molar-refractivity contribution >= 4 is 5.91 Å². The molecule has 0 fully saturated rings. The van der Waals surface area contributed by atoms with Gasteiger partial charge in [0.1, 0.15) is 5.75 Å². The van der Waals surface area contributed by atoms with Gasteiger partial charge in [-0.1, -0.05) is 25.1 Å². The van der Waals surface area contributed by atoms with Crippen molar-refractivity contribution in [2.45, 2.75) is 32.5 Å². The number of benzene rings is 1. The van der Waals surface area contributed by atoms with Gasteiger partial charge in [0.25, 0.3) is 5.91 Å². The minimum Gasteiger partial charge on any atom is -0.481 e. The van der Waals surface area contributed by atoms with Crippen molar-refractivity contribution in [3.8, 4) is 5.75 Å². The first kappa shape index (κ1) is 15.2. The Morgan fingerprint density at radius 2 is 2.11 bits per heavy atom. The summed E-state index contributed by atoms with van der Waals surface area (Å²) < 4.78 is 5.51. The van der Waals surface area contributed by atoms with E-state index in [4.69, 9.17) is 4.74 Å². The number of aliphatic hydroxyl groups excluding tert-OH is 1. The van der Waals surface area contributed by atoms with Gasteiger partial charge in [-0.3, -0.25) is 4.79 Å². The lowest BCUT2D eigenvalue weighted by molar-refractivity contribution is -0.127. The molecule has 0 saturated heterocycles. The number of carbonyl (C=O) groups is 1. The van der Waals surface area contributed by atoms with Crippen LogP contribution in [0.1, 0.15) is 31.9 Å². The van der Waals surface area contributed by atoms with Crippen LogP contribution in [0.4, 0.5) is 0 Å². The fraction of sp³-hybridized carbons (Fsp3) is 0.400. The lowest BCUT2D eigenvalue weighted by Crippen LogP contribution is -2.36. The number of nitrogens with one attached hydrogen (secondary N) is 1. The Morgan fingerprint density at radius 1 is 1.47 bits per heavy atom. The first-order chi connectivity index (χ1) is 9.08. The van der Waals surface area contributed by atoms with E-state index in [9.17, 15) is 9.90 Å². The van der Waals surface area contributed by atoms with E-state index < -0.39 is 12.2 Å². The second kappa shape index (κ2) is 7.59. The lowest BCUT2D eigenvalue weighted by Gasteiger charge is -2.15. The Kier molecular flexibility index (Phi) is 6.09. The molecule has 19 heavy (non-hydrogen) atoms. The quantitative estimate of drug-likeness (QED) is 0.741. The number of hydrogen-bond donors (Lipinski definition) is 2. The third-order valence-corrected chi connectivity index (χ3v) is 2.75. The molecule has 1 amide bonds. The summed E-state index contributed by atoms with van der Waals surface area (Å²) in [5.74, 6) is 0.422. The van der Waals surface area contributed by atoms with Gasteiger partial charge in [0.05, 0.1) is 6.10 Å². The molecular weight excluding hydrogens is 242 g/mol. The molecule has 0 aliphatic carbocycles. The molecular formula is C15H21NO3. The summed E-state index contributed by atoms with van der Waals surface area (Å²) in [6.45, 7) is 7.56. The summed E-state index contributed by atoms with van der Waals surface area (Å²) in [6.07, 6.45) is 1.26. The molecule has 1 rings (SSSR count). The van der Waals surface area contributed by atoms with Gasteiger partial charge >= 0.3 is 0 Å². The van der Waals surface area contributed by atoms with Crippen LogP contribution in [0.15, 0.2) is 36.9 Å². The maximum absolute atomic E-state index is 11.6. The highest BCUT2D eigenvalue weighted by Crippen LogP contribution is 2.20. The molecule has 4 heteroatoms. The molecule has 0 aromatic heterocycles. The Hall–Kier alpha value is -1.81. The summed E-state index contributed by atoms with van der Waals surface area (Å²) in [6, 6.07) is 7.12. The van der Waals surface area contributed by atoms with Crippen LogP contribution in [0.5, 0.6) is 5.75 Å². The normalized spacial score (nSPS) is 13.4. The Balaban J connectivity index is 2.57. The van der Waals surface area contributed by atoms with Crippen LogP contribution >= 0.6 is 0 Å². The molecule has 2 N–H and O–H groups in total. The summed E-state index contributed by atoms with van der Waals surface area (Å²) in [5, 5.41) is 12.3. The van der Waals surface area contributed by atoms with Crippen LogP contribution in [-0.4, -0.2) is 23.7 Å². The molecule has 0 saturated carbocycles. The fourth-order valence-electron chi connectivity index (χ4n) is 1.58. The number of amides is 1. The number of ether oxygens (including phenoxy) is 1. The van der Waals surface area contributed by atoms with E-state index in [0.717, 1.165) is 5.56 Å². The van der Waals surface area contributed by atoms with Gasteiger partial charge in [0, 0.05) is 6.54 Å². The Labute approximate surface area is 114 Å². The topological polar surface area (TPSA) is 58.6 Å². The van der Waals surface area contributed by atoms with Crippen molar-refractivity contribution in [3.63, 3.8) is 0 Å². The maximum Gasteiger partial charge on any atom is 0.261 e. The Bertz CT molecular complexity index is 414. The van der Waals surface area contributed by atoms with E-state index in [-0.39, 0.29) is 5.91 Å². The van der Waals surface area contributed by atoms with Gasteiger partial charge in [-0.15, -0.1) is 6.58 Å². The monoisotopic (exact) mass is 263 g/mol. The van der Waals surface area contributed by atoms with Gasteiger partial charge in [0.15, 0.2) is 6.10 Å². The highest BCUT2D eigenvalue weighted by molar-refractivity contribution is 5.80. The van der Waals surface area contributed by atoms with E-state index in [2.05, 4.69) is 11.9 Å². The highest BCUT2D eigenvalue weighted by Gasteiger charge is 2.13. The number of aliphatic hydroxyl groups is 1. The fourth-order valence-corrected chi connectivity index (χ4v) is 1.58. The standard InChI is InChI=1S/C15H21NO3/c1-4-10-16-15(18)11(3)19-13-8-6-12(7-9-13)14(17)5-2/h4,6-9,11,14,17H,1,5,10H2,2-3H3,(H,16,18). The molecule has 104 valence electrons. The largest absolute Gasteiger partial charge is 0.481 e. The third-order valence-electron chi connectivity index (χ3n) is 2.75. The smallest absolute Gasteiger partial charge is 0.261 e. The van der Waals surface area contributed by atoms with Gasteiger partial charge in [0.2, 0.25) is 0 Å². The second-order valence-corrected chi connectivity index (χ2v) is 4.29. The lowest BCUT2D eigenvalue weighted by atomic mass is 10.1. The third kappa shape index (κ3) is 4.75. The zero-order valence-corrected chi connectivity index (χ0v) is 11.4. The number of rotatable bonds is 7. The van der Waals surface area contributed by atoms with Crippen LogP contribution in [0, 0.1) is 0 Å². The van der Waals surface area contributed by atoms with Crippen molar-refractivity contribution < 1.29 is 14.6 Å². The summed E-state index contributed by atoms with van der Waals surface area (Å²) in [4.78, 5) is 11.6. The molecule has 0 aliphatic rings. The second-order valence-electron chi connectivity index (χ2n) is 4.29. The molecule has 0 radical (unpaired) electrons. The van der Waals surface area contributed by atoms with Crippen LogP contribution < -0.4 is 10.1 Å². The van der Waals surface area contributed by atoms with E-state index in [0.29, 0.717) is 18.7 Å². The summed E-state index contributed by atoms with van der Waals surface area (Å²) in [7, 11) is 0. The minimum absolute atomic E-state index is 0.183. The van der Waals surface area contributed by atoms with Gasteiger partial charge in [-0.25, -0.2) is 0 Å². The summed E-state index contributed by atoms with van der Waals surface area (Å²) >= 11 is 0. The minimum atomic E-state index is -0.568. The van der Waals surface area contributed by atoms with E-state index in [1.54, 1.807) is 37.3 Å².